The summed E-state index contributed by atoms with van der Waals surface area (Å²) in [5, 5.41) is 9.17. The lowest BCUT2D eigenvalue weighted by Crippen LogP contribution is -2.47. The third kappa shape index (κ3) is 3.65. The minimum atomic E-state index is 0.0604. The summed E-state index contributed by atoms with van der Waals surface area (Å²) in [5.41, 5.74) is 5.23. The van der Waals surface area contributed by atoms with Gasteiger partial charge in [-0.25, -0.2) is 4.68 Å². The van der Waals surface area contributed by atoms with Crippen molar-refractivity contribution in [2.75, 3.05) is 32.7 Å². The Morgan fingerprint density at radius 2 is 1.75 bits per heavy atom. The van der Waals surface area contributed by atoms with Crippen LogP contribution in [0.4, 0.5) is 0 Å². The summed E-state index contributed by atoms with van der Waals surface area (Å²) in [6.45, 7) is 7.99. The third-order valence-electron chi connectivity index (χ3n) is 6.58. The highest BCUT2D eigenvalue weighted by atomic mass is 16.1. The summed E-state index contributed by atoms with van der Waals surface area (Å²) >= 11 is 0. The van der Waals surface area contributed by atoms with Crippen LogP contribution in [-0.2, 0) is 38.9 Å². The molecule has 0 atom stereocenters. The quantitative estimate of drug-likeness (QED) is 0.775. The summed E-state index contributed by atoms with van der Waals surface area (Å²) in [6.07, 6.45) is 8.98. The molecule has 0 saturated carbocycles. The Labute approximate surface area is 165 Å². The monoisotopic (exact) mass is 382 g/mol. The maximum atomic E-state index is 12.3. The fraction of sp³-hybridized carbons (Fsp3) is 0.667. The molecule has 4 heterocycles. The molecule has 0 amide bonds. The van der Waals surface area contributed by atoms with E-state index in [1.54, 1.807) is 10.7 Å². The number of hydrogen-bond donors (Lipinski definition) is 0. The second-order valence-corrected chi connectivity index (χ2v) is 8.45. The molecule has 0 spiro atoms. The van der Waals surface area contributed by atoms with Crippen molar-refractivity contribution >= 4 is 0 Å². The topological polar surface area (TPSA) is 59.2 Å². The van der Waals surface area contributed by atoms with Gasteiger partial charge in [0.05, 0.1) is 18.4 Å². The largest absolute Gasteiger partial charge is 0.299 e. The van der Waals surface area contributed by atoms with Crippen molar-refractivity contribution in [3.63, 3.8) is 0 Å². The summed E-state index contributed by atoms with van der Waals surface area (Å²) < 4.78 is 3.88. The number of aromatic nitrogens is 4. The van der Waals surface area contributed by atoms with Gasteiger partial charge in [-0.1, -0.05) is 0 Å². The van der Waals surface area contributed by atoms with Crippen molar-refractivity contribution in [3.05, 3.63) is 45.1 Å². The van der Waals surface area contributed by atoms with Crippen LogP contribution in [-0.4, -0.2) is 62.1 Å². The predicted molar refractivity (Wildman–Crippen MR) is 107 cm³/mol. The van der Waals surface area contributed by atoms with Crippen LogP contribution in [0.15, 0.2) is 17.1 Å². The molecule has 0 bridgehead atoms. The van der Waals surface area contributed by atoms with Gasteiger partial charge in [0, 0.05) is 63.1 Å². The Kier molecular flexibility index (Phi) is 5.03. The Morgan fingerprint density at radius 3 is 2.64 bits per heavy atom. The van der Waals surface area contributed by atoms with E-state index in [4.69, 9.17) is 0 Å². The summed E-state index contributed by atoms with van der Waals surface area (Å²) in [5.74, 6) is 0. The molecule has 5 rings (SSSR count). The highest BCUT2D eigenvalue weighted by molar-refractivity contribution is 5.22. The first-order valence-electron chi connectivity index (χ1n) is 10.8. The summed E-state index contributed by atoms with van der Waals surface area (Å²) in [6, 6.07) is 1.81. The van der Waals surface area contributed by atoms with Gasteiger partial charge in [0.1, 0.15) is 0 Å². The van der Waals surface area contributed by atoms with E-state index in [-0.39, 0.29) is 5.56 Å². The van der Waals surface area contributed by atoms with Gasteiger partial charge in [-0.2, -0.15) is 10.2 Å². The fourth-order valence-electron chi connectivity index (χ4n) is 4.87. The summed E-state index contributed by atoms with van der Waals surface area (Å²) in [7, 11) is 0. The highest BCUT2D eigenvalue weighted by Gasteiger charge is 2.21. The first-order chi connectivity index (χ1) is 13.8. The van der Waals surface area contributed by atoms with Crippen LogP contribution in [0.1, 0.15) is 41.8 Å². The SMILES string of the molecule is O=c1cc2c(nn1CCN1CCN(Cc3cnn4c3CCCC4)CC1)CCC2. The number of fused-ring (bicyclic) bond motifs is 2. The van der Waals surface area contributed by atoms with Gasteiger partial charge in [-0.3, -0.25) is 19.3 Å². The zero-order valence-electron chi connectivity index (χ0n) is 16.6. The number of nitrogens with zero attached hydrogens (tertiary/aromatic N) is 6. The van der Waals surface area contributed by atoms with Gasteiger partial charge >= 0.3 is 0 Å². The lowest BCUT2D eigenvalue weighted by atomic mass is 10.1. The molecule has 0 N–H and O–H groups in total. The van der Waals surface area contributed by atoms with E-state index in [9.17, 15) is 4.79 Å². The smallest absolute Gasteiger partial charge is 0.267 e. The standard InChI is InChI=1S/C21H30N6O/c28-21-14-17-4-3-5-19(17)23-27(21)13-12-24-8-10-25(11-9-24)16-18-15-22-26-7-2-1-6-20(18)26/h14-15H,1-13,16H2. The molecule has 1 fully saturated rings. The van der Waals surface area contributed by atoms with E-state index in [2.05, 4.69) is 30.9 Å². The molecular weight excluding hydrogens is 352 g/mol. The predicted octanol–water partition coefficient (Wildman–Crippen LogP) is 1.08. The van der Waals surface area contributed by atoms with Gasteiger partial charge in [-0.05, 0) is 44.1 Å². The lowest BCUT2D eigenvalue weighted by Gasteiger charge is -2.34. The average molecular weight is 383 g/mol. The average Bonchev–Trinajstić information content (AvgIpc) is 3.34. The maximum absolute atomic E-state index is 12.3. The van der Waals surface area contributed by atoms with E-state index in [0.29, 0.717) is 6.54 Å². The number of piperazine rings is 1. The summed E-state index contributed by atoms with van der Waals surface area (Å²) in [4.78, 5) is 17.3. The Balaban J connectivity index is 1.13. The van der Waals surface area contributed by atoms with Crippen LogP contribution in [0.3, 0.4) is 0 Å². The van der Waals surface area contributed by atoms with E-state index < -0.39 is 0 Å². The first-order valence-corrected chi connectivity index (χ1v) is 10.8. The number of hydrogen-bond acceptors (Lipinski definition) is 5. The number of rotatable bonds is 5. The van der Waals surface area contributed by atoms with Crippen molar-refractivity contribution in [2.45, 2.75) is 58.2 Å². The van der Waals surface area contributed by atoms with Crippen molar-refractivity contribution in [2.24, 2.45) is 0 Å². The second kappa shape index (κ2) is 7.79. The van der Waals surface area contributed by atoms with Crippen molar-refractivity contribution in [1.29, 1.82) is 0 Å². The van der Waals surface area contributed by atoms with Gasteiger partial charge in [0.2, 0.25) is 0 Å². The highest BCUT2D eigenvalue weighted by Crippen LogP contribution is 2.20. The molecule has 2 aliphatic heterocycles. The third-order valence-corrected chi connectivity index (χ3v) is 6.58. The zero-order valence-corrected chi connectivity index (χ0v) is 16.6. The van der Waals surface area contributed by atoms with Gasteiger partial charge in [-0.15, -0.1) is 0 Å². The van der Waals surface area contributed by atoms with Crippen LogP contribution in [0, 0.1) is 0 Å². The van der Waals surface area contributed by atoms with E-state index in [1.165, 1.54) is 30.5 Å². The maximum Gasteiger partial charge on any atom is 0.267 e. The number of aryl methyl sites for hydroxylation is 3. The second-order valence-electron chi connectivity index (χ2n) is 8.45. The first kappa shape index (κ1) is 18.1. The normalized spacial score (nSPS) is 20.3. The Bertz CT molecular complexity index is 893. The van der Waals surface area contributed by atoms with Crippen molar-refractivity contribution in [1.82, 2.24) is 29.4 Å². The minimum Gasteiger partial charge on any atom is -0.299 e. The van der Waals surface area contributed by atoms with E-state index in [0.717, 1.165) is 76.3 Å². The molecule has 2 aromatic rings. The van der Waals surface area contributed by atoms with Crippen molar-refractivity contribution in [3.8, 4) is 0 Å². The van der Waals surface area contributed by atoms with Crippen LogP contribution >= 0.6 is 0 Å². The molecule has 7 nitrogen and oxygen atoms in total. The fourth-order valence-corrected chi connectivity index (χ4v) is 4.87. The molecule has 7 heteroatoms. The molecule has 3 aliphatic rings. The van der Waals surface area contributed by atoms with E-state index in [1.807, 2.05) is 0 Å². The van der Waals surface area contributed by atoms with Gasteiger partial charge in [0.15, 0.2) is 0 Å². The molecule has 0 radical (unpaired) electrons. The minimum absolute atomic E-state index is 0.0604. The van der Waals surface area contributed by atoms with Crippen molar-refractivity contribution < 1.29 is 0 Å². The van der Waals surface area contributed by atoms with E-state index >= 15 is 0 Å². The molecular formula is C21H30N6O. The van der Waals surface area contributed by atoms with Crippen LogP contribution in [0.5, 0.6) is 0 Å². The molecule has 150 valence electrons. The van der Waals surface area contributed by atoms with Crippen LogP contribution < -0.4 is 5.56 Å². The molecule has 1 saturated heterocycles. The van der Waals surface area contributed by atoms with Gasteiger partial charge < -0.3 is 0 Å². The Hall–Kier alpha value is -1.99. The zero-order chi connectivity index (χ0) is 18.9. The van der Waals surface area contributed by atoms with Crippen LogP contribution in [0.2, 0.25) is 0 Å². The van der Waals surface area contributed by atoms with Crippen LogP contribution in [0.25, 0.3) is 0 Å². The van der Waals surface area contributed by atoms with Gasteiger partial charge in [0.25, 0.3) is 5.56 Å². The molecule has 2 aromatic heterocycles. The molecule has 0 unspecified atom stereocenters. The Morgan fingerprint density at radius 1 is 0.893 bits per heavy atom. The molecule has 0 aromatic carbocycles. The molecule has 28 heavy (non-hydrogen) atoms. The lowest BCUT2D eigenvalue weighted by molar-refractivity contribution is 0.122. The molecule has 1 aliphatic carbocycles.